The summed E-state index contributed by atoms with van der Waals surface area (Å²) >= 11 is 8.49. The molecule has 0 radical (unpaired) electrons. The topological polar surface area (TPSA) is 39.2 Å². The Kier molecular flexibility index (Phi) is 4.07. The first-order valence-electron chi connectivity index (χ1n) is 5.46. The first-order valence-corrected chi connectivity index (χ1v) is 6.92. The minimum Gasteiger partial charge on any atom is -0.462 e. The smallest absolute Gasteiger partial charge is 0.341 e. The molecular formula is C13H11ClINO2. The van der Waals surface area contributed by atoms with E-state index in [1.165, 1.54) is 6.20 Å². The summed E-state index contributed by atoms with van der Waals surface area (Å²) in [6.45, 7) is 4.04. The number of fused-ring (bicyclic) bond motifs is 1. The average Bonchev–Trinajstić information content (AvgIpc) is 2.34. The van der Waals surface area contributed by atoms with Gasteiger partial charge >= 0.3 is 5.97 Å². The number of hydrogen-bond acceptors (Lipinski definition) is 3. The Morgan fingerprint density at radius 2 is 2.22 bits per heavy atom. The van der Waals surface area contributed by atoms with Crippen molar-refractivity contribution in [3.63, 3.8) is 0 Å². The van der Waals surface area contributed by atoms with Crippen LogP contribution in [0.2, 0.25) is 5.02 Å². The Bertz CT molecular complexity index is 628. The Balaban J connectivity index is 2.71. The number of carbonyl (C=O) groups is 1. The summed E-state index contributed by atoms with van der Waals surface area (Å²) in [6.07, 6.45) is 1.48. The molecule has 0 bridgehead atoms. The Morgan fingerprint density at radius 1 is 1.50 bits per heavy atom. The Hall–Kier alpha value is -0.880. The van der Waals surface area contributed by atoms with Crippen LogP contribution in [0.3, 0.4) is 0 Å². The number of hydrogen-bond donors (Lipinski definition) is 0. The second kappa shape index (κ2) is 5.40. The van der Waals surface area contributed by atoms with Crippen LogP contribution in [0.15, 0.2) is 18.3 Å². The van der Waals surface area contributed by atoms with E-state index in [1.54, 1.807) is 6.92 Å². The first-order chi connectivity index (χ1) is 8.56. The summed E-state index contributed by atoms with van der Waals surface area (Å²) in [7, 11) is 0. The maximum Gasteiger partial charge on any atom is 0.341 e. The Morgan fingerprint density at radius 3 is 2.89 bits per heavy atom. The molecule has 0 aliphatic rings. The second-order valence-electron chi connectivity index (χ2n) is 3.79. The highest BCUT2D eigenvalue weighted by Crippen LogP contribution is 2.31. The van der Waals surface area contributed by atoms with E-state index >= 15 is 0 Å². The molecule has 94 valence electrons. The zero-order valence-electron chi connectivity index (χ0n) is 9.96. The fourth-order valence-electron chi connectivity index (χ4n) is 1.72. The SMILES string of the molecule is CCOC(=O)c1cnc2c(C)ccc(I)c2c1Cl. The van der Waals surface area contributed by atoms with E-state index in [0.29, 0.717) is 17.2 Å². The van der Waals surface area contributed by atoms with E-state index in [2.05, 4.69) is 27.6 Å². The monoisotopic (exact) mass is 375 g/mol. The first kappa shape index (κ1) is 13.5. The molecule has 0 aliphatic heterocycles. The number of carbonyl (C=O) groups excluding carboxylic acids is 1. The molecule has 0 N–H and O–H groups in total. The molecule has 1 aromatic carbocycles. The summed E-state index contributed by atoms with van der Waals surface area (Å²) in [5, 5.41) is 1.22. The van der Waals surface area contributed by atoms with Gasteiger partial charge in [-0.25, -0.2) is 4.79 Å². The van der Waals surface area contributed by atoms with E-state index in [4.69, 9.17) is 16.3 Å². The van der Waals surface area contributed by atoms with Crippen LogP contribution in [0.1, 0.15) is 22.8 Å². The third-order valence-corrected chi connectivity index (χ3v) is 3.89. The molecule has 3 nitrogen and oxygen atoms in total. The third-order valence-electron chi connectivity index (χ3n) is 2.60. The largest absolute Gasteiger partial charge is 0.462 e. The molecule has 0 aliphatic carbocycles. The molecule has 0 saturated heterocycles. The molecule has 0 saturated carbocycles. The minimum atomic E-state index is -0.436. The van der Waals surface area contributed by atoms with Crippen molar-refractivity contribution in [3.05, 3.63) is 38.0 Å². The van der Waals surface area contributed by atoms with Gasteiger partial charge in [0, 0.05) is 15.2 Å². The van der Waals surface area contributed by atoms with Gasteiger partial charge in [0.05, 0.1) is 22.7 Å². The number of aryl methyl sites for hydroxylation is 1. The quantitative estimate of drug-likeness (QED) is 0.589. The molecule has 0 atom stereocenters. The summed E-state index contributed by atoms with van der Waals surface area (Å²) < 4.78 is 5.93. The molecular weight excluding hydrogens is 365 g/mol. The summed E-state index contributed by atoms with van der Waals surface area (Å²) in [4.78, 5) is 16.1. The molecule has 0 spiro atoms. The van der Waals surface area contributed by atoms with Crippen molar-refractivity contribution in [2.45, 2.75) is 13.8 Å². The van der Waals surface area contributed by atoms with Gasteiger partial charge in [-0.05, 0) is 48.1 Å². The van der Waals surface area contributed by atoms with Gasteiger partial charge < -0.3 is 4.74 Å². The highest BCUT2D eigenvalue weighted by Gasteiger charge is 2.17. The molecule has 0 fully saturated rings. The standard InChI is InChI=1S/C13H11ClINO2/c1-3-18-13(17)8-6-16-12-7(2)4-5-9(15)10(12)11(8)14/h4-6H,3H2,1-2H3. The van der Waals surface area contributed by atoms with Crippen molar-refractivity contribution < 1.29 is 9.53 Å². The number of halogens is 2. The molecule has 5 heteroatoms. The fourth-order valence-corrected chi connectivity index (χ4v) is 2.90. The van der Waals surface area contributed by atoms with E-state index in [9.17, 15) is 4.79 Å². The number of pyridine rings is 1. The van der Waals surface area contributed by atoms with Crippen molar-refractivity contribution in [2.75, 3.05) is 6.61 Å². The summed E-state index contributed by atoms with van der Waals surface area (Å²) in [6, 6.07) is 3.94. The van der Waals surface area contributed by atoms with Crippen LogP contribution < -0.4 is 0 Å². The van der Waals surface area contributed by atoms with Gasteiger partial charge in [0.2, 0.25) is 0 Å². The molecule has 18 heavy (non-hydrogen) atoms. The van der Waals surface area contributed by atoms with Crippen LogP contribution in [-0.4, -0.2) is 17.6 Å². The van der Waals surface area contributed by atoms with Crippen LogP contribution in [0.5, 0.6) is 0 Å². The van der Waals surface area contributed by atoms with Crippen LogP contribution in [0, 0.1) is 10.5 Å². The van der Waals surface area contributed by atoms with E-state index in [1.807, 2.05) is 19.1 Å². The van der Waals surface area contributed by atoms with E-state index in [-0.39, 0.29) is 0 Å². The predicted octanol–water partition coefficient (Wildman–Crippen LogP) is 3.98. The summed E-state index contributed by atoms with van der Waals surface area (Å²) in [5.41, 5.74) is 2.16. The predicted molar refractivity (Wildman–Crippen MR) is 80.2 cm³/mol. The lowest BCUT2D eigenvalue weighted by atomic mass is 10.1. The zero-order valence-corrected chi connectivity index (χ0v) is 12.9. The molecule has 1 aromatic heterocycles. The second-order valence-corrected chi connectivity index (χ2v) is 5.33. The third kappa shape index (κ3) is 2.31. The molecule has 1 heterocycles. The zero-order chi connectivity index (χ0) is 13.3. The summed E-state index contributed by atoms with van der Waals surface area (Å²) in [5.74, 6) is -0.436. The molecule has 2 rings (SSSR count). The van der Waals surface area contributed by atoms with Crippen LogP contribution >= 0.6 is 34.2 Å². The highest BCUT2D eigenvalue weighted by molar-refractivity contribution is 14.1. The normalized spacial score (nSPS) is 10.7. The molecule has 0 unspecified atom stereocenters. The van der Waals surface area contributed by atoms with Gasteiger partial charge in [-0.1, -0.05) is 17.7 Å². The van der Waals surface area contributed by atoms with Gasteiger partial charge in [0.15, 0.2) is 0 Å². The number of aromatic nitrogens is 1. The van der Waals surface area contributed by atoms with Crippen molar-refractivity contribution in [3.8, 4) is 0 Å². The van der Waals surface area contributed by atoms with E-state index in [0.717, 1.165) is 20.0 Å². The number of benzene rings is 1. The van der Waals surface area contributed by atoms with Crippen molar-refractivity contribution in [1.29, 1.82) is 0 Å². The number of rotatable bonds is 2. The van der Waals surface area contributed by atoms with Gasteiger partial charge in [0.1, 0.15) is 0 Å². The molecule has 0 amide bonds. The Labute approximate surface area is 124 Å². The lowest BCUT2D eigenvalue weighted by Gasteiger charge is -2.09. The van der Waals surface area contributed by atoms with Crippen LogP contribution in [0.4, 0.5) is 0 Å². The van der Waals surface area contributed by atoms with Gasteiger partial charge in [-0.3, -0.25) is 4.98 Å². The van der Waals surface area contributed by atoms with Crippen molar-refractivity contribution >= 4 is 51.1 Å². The van der Waals surface area contributed by atoms with Gasteiger partial charge in [-0.15, -0.1) is 0 Å². The van der Waals surface area contributed by atoms with Crippen LogP contribution in [0.25, 0.3) is 10.9 Å². The average molecular weight is 376 g/mol. The van der Waals surface area contributed by atoms with Gasteiger partial charge in [-0.2, -0.15) is 0 Å². The van der Waals surface area contributed by atoms with Crippen molar-refractivity contribution in [1.82, 2.24) is 4.98 Å². The number of ether oxygens (including phenoxy) is 1. The lowest BCUT2D eigenvalue weighted by molar-refractivity contribution is 0.0526. The van der Waals surface area contributed by atoms with Gasteiger partial charge in [0.25, 0.3) is 0 Å². The van der Waals surface area contributed by atoms with E-state index < -0.39 is 5.97 Å². The maximum atomic E-state index is 11.8. The number of nitrogens with zero attached hydrogens (tertiary/aromatic N) is 1. The highest BCUT2D eigenvalue weighted by atomic mass is 127. The lowest BCUT2D eigenvalue weighted by Crippen LogP contribution is -2.06. The maximum absolute atomic E-state index is 11.8. The number of esters is 1. The molecule has 2 aromatic rings. The minimum absolute atomic E-state index is 0.314. The fraction of sp³-hybridized carbons (Fsp3) is 0.231. The van der Waals surface area contributed by atoms with Crippen LogP contribution in [-0.2, 0) is 4.74 Å². The van der Waals surface area contributed by atoms with Crippen molar-refractivity contribution in [2.24, 2.45) is 0 Å².